The Morgan fingerprint density at radius 3 is 2.31 bits per heavy atom. The molecule has 0 radical (unpaired) electrons. The van der Waals surface area contributed by atoms with Crippen LogP contribution in [0.15, 0.2) is 40.9 Å². The summed E-state index contributed by atoms with van der Waals surface area (Å²) in [4.78, 5) is 24.4. The van der Waals surface area contributed by atoms with Crippen LogP contribution >= 0.6 is 15.9 Å². The maximum absolute atomic E-state index is 12.7. The maximum Gasteiger partial charge on any atom is 0.222 e. The van der Waals surface area contributed by atoms with Gasteiger partial charge < -0.3 is 20.1 Å². The van der Waals surface area contributed by atoms with Crippen LogP contribution in [0.1, 0.15) is 49.0 Å². The van der Waals surface area contributed by atoms with Crippen molar-refractivity contribution in [3.05, 3.63) is 57.6 Å². The molecule has 2 N–H and O–H groups in total. The third-order valence-corrected chi connectivity index (χ3v) is 5.44. The van der Waals surface area contributed by atoms with Crippen molar-refractivity contribution in [1.82, 2.24) is 10.6 Å². The number of benzene rings is 2. The highest BCUT2D eigenvalue weighted by Gasteiger charge is 2.22. The van der Waals surface area contributed by atoms with Crippen LogP contribution in [0.2, 0.25) is 0 Å². The first-order valence-corrected chi connectivity index (χ1v) is 10.3. The predicted octanol–water partition coefficient (Wildman–Crippen LogP) is 3.97. The number of amides is 2. The number of halogens is 1. The van der Waals surface area contributed by atoms with Crippen LogP contribution in [-0.2, 0) is 9.59 Å². The summed E-state index contributed by atoms with van der Waals surface area (Å²) in [5.41, 5.74) is 2.92. The van der Waals surface area contributed by atoms with Crippen LogP contribution < -0.4 is 20.1 Å². The molecule has 0 aliphatic carbocycles. The molecule has 2 unspecified atom stereocenters. The minimum absolute atomic E-state index is 0.148. The zero-order chi connectivity index (χ0) is 21.0. The highest BCUT2D eigenvalue weighted by atomic mass is 79.9. The second-order valence-electron chi connectivity index (χ2n) is 7.17. The lowest BCUT2D eigenvalue weighted by Gasteiger charge is -2.23. The second-order valence-corrected chi connectivity index (χ2v) is 8.03. The van der Waals surface area contributed by atoms with Gasteiger partial charge in [-0.15, -0.1) is 0 Å². The quantitative estimate of drug-likeness (QED) is 0.683. The Morgan fingerprint density at radius 2 is 1.69 bits per heavy atom. The SMILES string of the molecule is CC(=O)NC(CC(=O)NC(C)c1cc2c(cc1Br)OCCO2)c1ccc(C)cc1. The number of nitrogens with one attached hydrogen (secondary N) is 2. The van der Waals surface area contributed by atoms with Crippen molar-refractivity contribution in [3.63, 3.8) is 0 Å². The molecule has 2 atom stereocenters. The fourth-order valence-electron chi connectivity index (χ4n) is 3.27. The Balaban J connectivity index is 1.71. The minimum atomic E-state index is -0.385. The second kappa shape index (κ2) is 9.31. The van der Waals surface area contributed by atoms with Gasteiger partial charge in [-0.25, -0.2) is 0 Å². The molecule has 2 amide bonds. The first-order valence-electron chi connectivity index (χ1n) is 9.55. The third kappa shape index (κ3) is 5.50. The molecule has 2 aromatic carbocycles. The standard InChI is InChI=1S/C22H25BrN2O4/c1-13-4-6-16(7-5-13)19(25-15(3)26)12-22(27)24-14(2)17-10-20-21(11-18(17)23)29-9-8-28-20/h4-7,10-11,14,19H,8-9,12H2,1-3H3,(H,24,27)(H,25,26). The van der Waals surface area contributed by atoms with Gasteiger partial charge in [-0.3, -0.25) is 9.59 Å². The summed E-state index contributed by atoms with van der Waals surface area (Å²) < 4.78 is 12.1. The first-order chi connectivity index (χ1) is 13.8. The molecule has 2 aromatic rings. The number of rotatable bonds is 6. The Kier molecular flexibility index (Phi) is 6.79. The van der Waals surface area contributed by atoms with Gasteiger partial charge in [0, 0.05) is 11.4 Å². The van der Waals surface area contributed by atoms with E-state index in [9.17, 15) is 9.59 Å². The number of carbonyl (C=O) groups excluding carboxylic acids is 2. The lowest BCUT2D eigenvalue weighted by Crippen LogP contribution is -2.33. The van der Waals surface area contributed by atoms with E-state index in [4.69, 9.17) is 9.47 Å². The Labute approximate surface area is 179 Å². The van der Waals surface area contributed by atoms with E-state index in [0.717, 1.165) is 21.2 Å². The minimum Gasteiger partial charge on any atom is -0.486 e. The van der Waals surface area contributed by atoms with Crippen LogP contribution in [0, 0.1) is 6.92 Å². The van der Waals surface area contributed by atoms with E-state index in [1.54, 1.807) is 0 Å². The molecule has 29 heavy (non-hydrogen) atoms. The number of ether oxygens (including phenoxy) is 2. The van der Waals surface area contributed by atoms with Crippen molar-refractivity contribution < 1.29 is 19.1 Å². The van der Waals surface area contributed by atoms with Gasteiger partial charge in [-0.2, -0.15) is 0 Å². The smallest absolute Gasteiger partial charge is 0.222 e. The van der Waals surface area contributed by atoms with Crippen molar-refractivity contribution in [3.8, 4) is 11.5 Å². The summed E-state index contributed by atoms with van der Waals surface area (Å²) in [6.45, 7) is 6.39. The number of fused-ring (bicyclic) bond motifs is 1. The number of hydrogen-bond donors (Lipinski definition) is 2. The molecular weight excluding hydrogens is 436 g/mol. The Hall–Kier alpha value is -2.54. The van der Waals surface area contributed by atoms with Crippen molar-refractivity contribution in [2.75, 3.05) is 13.2 Å². The summed E-state index contributed by atoms with van der Waals surface area (Å²) in [5, 5.41) is 5.88. The molecule has 0 saturated heterocycles. The van der Waals surface area contributed by atoms with E-state index in [1.165, 1.54) is 6.92 Å². The number of carbonyl (C=O) groups is 2. The average molecular weight is 461 g/mol. The van der Waals surface area contributed by atoms with Gasteiger partial charge in [0.15, 0.2) is 11.5 Å². The predicted molar refractivity (Wildman–Crippen MR) is 114 cm³/mol. The van der Waals surface area contributed by atoms with Crippen LogP contribution in [0.3, 0.4) is 0 Å². The summed E-state index contributed by atoms with van der Waals surface area (Å²) >= 11 is 3.55. The van der Waals surface area contributed by atoms with E-state index >= 15 is 0 Å². The molecule has 1 aliphatic heterocycles. The highest BCUT2D eigenvalue weighted by Crippen LogP contribution is 2.37. The molecule has 0 saturated carbocycles. The van der Waals surface area contributed by atoms with Crippen LogP contribution in [-0.4, -0.2) is 25.0 Å². The van der Waals surface area contributed by atoms with E-state index in [1.807, 2.05) is 50.2 Å². The van der Waals surface area contributed by atoms with E-state index in [-0.39, 0.29) is 30.3 Å². The molecule has 0 fully saturated rings. The van der Waals surface area contributed by atoms with E-state index < -0.39 is 0 Å². The fourth-order valence-corrected chi connectivity index (χ4v) is 3.94. The van der Waals surface area contributed by atoms with Gasteiger partial charge in [0.2, 0.25) is 11.8 Å². The summed E-state index contributed by atoms with van der Waals surface area (Å²) in [6, 6.07) is 10.9. The monoisotopic (exact) mass is 460 g/mol. The highest BCUT2D eigenvalue weighted by molar-refractivity contribution is 9.10. The van der Waals surface area contributed by atoms with E-state index in [0.29, 0.717) is 24.7 Å². The average Bonchev–Trinajstić information content (AvgIpc) is 2.67. The number of aryl methyl sites for hydroxylation is 1. The van der Waals surface area contributed by atoms with Gasteiger partial charge in [-0.05, 0) is 37.1 Å². The van der Waals surface area contributed by atoms with Gasteiger partial charge >= 0.3 is 0 Å². The lowest BCUT2D eigenvalue weighted by atomic mass is 10.0. The van der Waals surface area contributed by atoms with Gasteiger partial charge in [0.1, 0.15) is 13.2 Å². The van der Waals surface area contributed by atoms with Gasteiger partial charge in [-0.1, -0.05) is 45.8 Å². The van der Waals surface area contributed by atoms with Crippen molar-refractivity contribution in [2.45, 2.75) is 39.3 Å². The summed E-state index contributed by atoms with van der Waals surface area (Å²) in [7, 11) is 0. The van der Waals surface area contributed by atoms with Crippen molar-refractivity contribution in [1.29, 1.82) is 0 Å². The normalized spacial score (nSPS) is 14.6. The Bertz CT molecular complexity index is 898. The van der Waals surface area contributed by atoms with Crippen molar-refractivity contribution >= 4 is 27.7 Å². The van der Waals surface area contributed by atoms with Crippen LogP contribution in [0.5, 0.6) is 11.5 Å². The van der Waals surface area contributed by atoms with Gasteiger partial charge in [0.25, 0.3) is 0 Å². The molecule has 154 valence electrons. The van der Waals surface area contributed by atoms with E-state index in [2.05, 4.69) is 26.6 Å². The zero-order valence-corrected chi connectivity index (χ0v) is 18.3. The Morgan fingerprint density at radius 1 is 1.07 bits per heavy atom. The number of hydrogen-bond acceptors (Lipinski definition) is 4. The molecule has 1 aliphatic rings. The van der Waals surface area contributed by atoms with Crippen LogP contribution in [0.4, 0.5) is 0 Å². The molecule has 6 nitrogen and oxygen atoms in total. The largest absolute Gasteiger partial charge is 0.486 e. The molecule has 0 spiro atoms. The first kappa shape index (κ1) is 21.2. The topological polar surface area (TPSA) is 76.7 Å². The zero-order valence-electron chi connectivity index (χ0n) is 16.8. The summed E-state index contributed by atoms with van der Waals surface area (Å²) in [6.07, 6.45) is 0.148. The molecule has 1 heterocycles. The molecular formula is C22H25BrN2O4. The third-order valence-electron chi connectivity index (χ3n) is 4.75. The van der Waals surface area contributed by atoms with Crippen molar-refractivity contribution in [2.24, 2.45) is 0 Å². The fraction of sp³-hybridized carbons (Fsp3) is 0.364. The lowest BCUT2D eigenvalue weighted by molar-refractivity contribution is -0.123. The van der Waals surface area contributed by atoms with Gasteiger partial charge in [0.05, 0.1) is 18.5 Å². The molecule has 0 bridgehead atoms. The van der Waals surface area contributed by atoms with Crippen LogP contribution in [0.25, 0.3) is 0 Å². The molecule has 7 heteroatoms. The summed E-state index contributed by atoms with van der Waals surface area (Å²) in [5.74, 6) is 1.03. The molecule has 0 aromatic heterocycles. The maximum atomic E-state index is 12.7. The molecule has 3 rings (SSSR count).